The molecule has 0 aliphatic carbocycles. The molecule has 1 aliphatic heterocycles. The molecule has 3 heteroatoms. The molecule has 0 spiro atoms. The molecule has 0 amide bonds. The first kappa shape index (κ1) is 12.1. The molecule has 0 N–H and O–H groups in total. The molecule has 2 atom stereocenters. The second kappa shape index (κ2) is 5.32. The Morgan fingerprint density at radius 2 is 2.18 bits per heavy atom. The summed E-state index contributed by atoms with van der Waals surface area (Å²) in [5, 5.41) is 0. The quantitative estimate of drug-likeness (QED) is 0.751. The summed E-state index contributed by atoms with van der Waals surface area (Å²) in [6, 6.07) is 7.36. The normalized spacial score (nSPS) is 23.6. The van der Waals surface area contributed by atoms with Gasteiger partial charge in [-0.15, -0.1) is 0 Å². The Morgan fingerprint density at radius 1 is 1.41 bits per heavy atom. The SMILES string of the molecule is CCOc1ccccc1C(=O)C1CCC(C)O1. The van der Waals surface area contributed by atoms with Crippen molar-refractivity contribution in [3.8, 4) is 5.75 Å². The standard InChI is InChI=1S/C14H18O3/c1-3-16-12-7-5-4-6-11(12)14(15)13-9-8-10(2)17-13/h4-7,10,13H,3,8-9H2,1-2H3. The highest BCUT2D eigenvalue weighted by atomic mass is 16.5. The lowest BCUT2D eigenvalue weighted by atomic mass is 10.0. The third-order valence-electron chi connectivity index (χ3n) is 2.98. The molecule has 1 aromatic carbocycles. The zero-order valence-corrected chi connectivity index (χ0v) is 10.3. The van der Waals surface area contributed by atoms with E-state index >= 15 is 0 Å². The van der Waals surface area contributed by atoms with Crippen LogP contribution in [0.3, 0.4) is 0 Å². The molecule has 0 saturated carbocycles. The maximum atomic E-state index is 12.3. The number of Topliss-reactive ketones (excluding diaryl/α,β-unsaturated/α-hetero) is 1. The van der Waals surface area contributed by atoms with Crippen LogP contribution in [0.25, 0.3) is 0 Å². The van der Waals surface area contributed by atoms with Crippen LogP contribution in [-0.4, -0.2) is 24.6 Å². The summed E-state index contributed by atoms with van der Waals surface area (Å²) in [6.07, 6.45) is 1.64. The van der Waals surface area contributed by atoms with Gasteiger partial charge in [0.15, 0.2) is 5.78 Å². The third-order valence-corrected chi connectivity index (χ3v) is 2.98. The molecule has 92 valence electrons. The number of carbonyl (C=O) groups excluding carboxylic acids is 1. The summed E-state index contributed by atoms with van der Waals surface area (Å²) < 4.78 is 11.1. The highest BCUT2D eigenvalue weighted by Gasteiger charge is 2.30. The predicted molar refractivity (Wildman–Crippen MR) is 65.5 cm³/mol. The fourth-order valence-electron chi connectivity index (χ4n) is 2.12. The highest BCUT2D eigenvalue weighted by Crippen LogP contribution is 2.26. The molecule has 2 unspecified atom stereocenters. The van der Waals surface area contributed by atoms with Gasteiger partial charge in [-0.05, 0) is 38.8 Å². The summed E-state index contributed by atoms with van der Waals surface area (Å²) in [5.74, 6) is 0.696. The lowest BCUT2D eigenvalue weighted by Crippen LogP contribution is -2.21. The molecule has 0 aromatic heterocycles. The first-order valence-corrected chi connectivity index (χ1v) is 6.14. The minimum Gasteiger partial charge on any atom is -0.493 e. The van der Waals surface area contributed by atoms with Gasteiger partial charge >= 0.3 is 0 Å². The van der Waals surface area contributed by atoms with Crippen molar-refractivity contribution < 1.29 is 14.3 Å². The summed E-state index contributed by atoms with van der Waals surface area (Å²) in [7, 11) is 0. The molecule has 2 rings (SSSR count). The first-order valence-electron chi connectivity index (χ1n) is 6.14. The number of ether oxygens (including phenoxy) is 2. The monoisotopic (exact) mass is 234 g/mol. The fraction of sp³-hybridized carbons (Fsp3) is 0.500. The van der Waals surface area contributed by atoms with Gasteiger partial charge in [-0.1, -0.05) is 12.1 Å². The van der Waals surface area contributed by atoms with Crippen molar-refractivity contribution in [3.05, 3.63) is 29.8 Å². The van der Waals surface area contributed by atoms with Gasteiger partial charge in [0.2, 0.25) is 0 Å². The summed E-state index contributed by atoms with van der Waals surface area (Å²) in [4.78, 5) is 12.3. The van der Waals surface area contributed by atoms with Gasteiger partial charge in [-0.3, -0.25) is 4.79 Å². The van der Waals surface area contributed by atoms with Crippen molar-refractivity contribution in [1.82, 2.24) is 0 Å². The number of hydrogen-bond acceptors (Lipinski definition) is 3. The molecule has 1 aliphatic rings. The number of benzene rings is 1. The van der Waals surface area contributed by atoms with Crippen LogP contribution in [-0.2, 0) is 4.74 Å². The number of ketones is 1. The molecule has 1 aromatic rings. The summed E-state index contributed by atoms with van der Waals surface area (Å²) in [5.41, 5.74) is 0.633. The van der Waals surface area contributed by atoms with Gasteiger partial charge in [0.05, 0.1) is 18.3 Å². The molecule has 0 radical (unpaired) electrons. The van der Waals surface area contributed by atoms with E-state index in [1.165, 1.54) is 0 Å². The van der Waals surface area contributed by atoms with E-state index in [0.717, 1.165) is 12.8 Å². The van der Waals surface area contributed by atoms with E-state index in [0.29, 0.717) is 17.9 Å². The number of carbonyl (C=O) groups is 1. The van der Waals surface area contributed by atoms with Crippen molar-refractivity contribution in [2.75, 3.05) is 6.61 Å². The molecule has 1 heterocycles. The van der Waals surface area contributed by atoms with Gasteiger partial charge in [0.25, 0.3) is 0 Å². The summed E-state index contributed by atoms with van der Waals surface area (Å²) in [6.45, 7) is 4.48. The molecule has 0 bridgehead atoms. The Hall–Kier alpha value is -1.35. The van der Waals surface area contributed by atoms with Gasteiger partial charge in [0.1, 0.15) is 11.9 Å². The highest BCUT2D eigenvalue weighted by molar-refractivity contribution is 6.01. The van der Waals surface area contributed by atoms with Crippen LogP contribution in [0.1, 0.15) is 37.0 Å². The number of para-hydroxylation sites is 1. The Labute approximate surface area is 102 Å². The predicted octanol–water partition coefficient (Wildman–Crippen LogP) is 2.84. The van der Waals surface area contributed by atoms with E-state index in [-0.39, 0.29) is 18.0 Å². The molecular weight excluding hydrogens is 216 g/mol. The van der Waals surface area contributed by atoms with Crippen LogP contribution in [0, 0.1) is 0 Å². The van der Waals surface area contributed by atoms with Gasteiger partial charge in [-0.2, -0.15) is 0 Å². The van der Waals surface area contributed by atoms with Crippen LogP contribution in [0.15, 0.2) is 24.3 Å². The van der Waals surface area contributed by atoms with Crippen LogP contribution < -0.4 is 4.74 Å². The maximum Gasteiger partial charge on any atom is 0.195 e. The second-order valence-electron chi connectivity index (χ2n) is 4.31. The average Bonchev–Trinajstić information content (AvgIpc) is 2.76. The van der Waals surface area contributed by atoms with Crippen LogP contribution in [0.5, 0.6) is 5.75 Å². The third kappa shape index (κ3) is 2.67. The van der Waals surface area contributed by atoms with Gasteiger partial charge in [0, 0.05) is 0 Å². The number of hydrogen-bond donors (Lipinski definition) is 0. The molecule has 1 fully saturated rings. The molecule has 3 nitrogen and oxygen atoms in total. The van der Waals surface area contributed by atoms with Crippen LogP contribution in [0.4, 0.5) is 0 Å². The first-order chi connectivity index (χ1) is 8.22. The minimum atomic E-state index is -0.299. The van der Waals surface area contributed by atoms with Crippen molar-refractivity contribution >= 4 is 5.78 Å². The zero-order valence-electron chi connectivity index (χ0n) is 10.3. The average molecular weight is 234 g/mol. The second-order valence-corrected chi connectivity index (χ2v) is 4.31. The van der Waals surface area contributed by atoms with Crippen molar-refractivity contribution in [2.45, 2.75) is 38.9 Å². The van der Waals surface area contributed by atoms with E-state index in [1.54, 1.807) is 6.07 Å². The largest absolute Gasteiger partial charge is 0.493 e. The van der Waals surface area contributed by atoms with E-state index in [2.05, 4.69) is 0 Å². The minimum absolute atomic E-state index is 0.0402. The number of rotatable bonds is 4. The lowest BCUT2D eigenvalue weighted by molar-refractivity contribution is 0.0430. The van der Waals surface area contributed by atoms with E-state index < -0.39 is 0 Å². The Kier molecular flexibility index (Phi) is 3.79. The maximum absolute atomic E-state index is 12.3. The van der Waals surface area contributed by atoms with Gasteiger partial charge in [-0.25, -0.2) is 0 Å². The zero-order chi connectivity index (χ0) is 12.3. The van der Waals surface area contributed by atoms with Crippen LogP contribution in [0.2, 0.25) is 0 Å². The lowest BCUT2D eigenvalue weighted by Gasteiger charge is -2.13. The Balaban J connectivity index is 2.18. The van der Waals surface area contributed by atoms with E-state index in [9.17, 15) is 4.79 Å². The fourth-order valence-corrected chi connectivity index (χ4v) is 2.12. The summed E-state index contributed by atoms with van der Waals surface area (Å²) >= 11 is 0. The Bertz CT molecular complexity index is 400. The van der Waals surface area contributed by atoms with Crippen molar-refractivity contribution in [3.63, 3.8) is 0 Å². The Morgan fingerprint density at radius 3 is 2.82 bits per heavy atom. The smallest absolute Gasteiger partial charge is 0.195 e. The molecular formula is C14H18O3. The van der Waals surface area contributed by atoms with E-state index in [1.807, 2.05) is 32.0 Å². The van der Waals surface area contributed by atoms with Crippen molar-refractivity contribution in [2.24, 2.45) is 0 Å². The molecule has 17 heavy (non-hydrogen) atoms. The van der Waals surface area contributed by atoms with Crippen LogP contribution >= 0.6 is 0 Å². The van der Waals surface area contributed by atoms with Gasteiger partial charge < -0.3 is 9.47 Å². The van der Waals surface area contributed by atoms with Crippen molar-refractivity contribution in [1.29, 1.82) is 0 Å². The van der Waals surface area contributed by atoms with E-state index in [4.69, 9.17) is 9.47 Å². The topological polar surface area (TPSA) is 35.5 Å². The molecule has 1 saturated heterocycles.